The van der Waals surface area contributed by atoms with Gasteiger partial charge in [-0.15, -0.1) is 11.8 Å². The lowest BCUT2D eigenvalue weighted by Crippen LogP contribution is -2.44. The van der Waals surface area contributed by atoms with E-state index in [9.17, 15) is 0 Å². The van der Waals surface area contributed by atoms with Gasteiger partial charge in [0.15, 0.2) is 0 Å². The van der Waals surface area contributed by atoms with Crippen LogP contribution in [0.4, 0.5) is 0 Å². The monoisotopic (exact) mass is 250 g/mol. The highest BCUT2D eigenvalue weighted by Gasteiger charge is 2.39. The molecule has 1 nitrogen and oxygen atoms in total. The minimum Gasteiger partial charge on any atom is -0.488 e. The largest absolute Gasteiger partial charge is 0.488 e. The molecule has 0 fully saturated rings. The molecule has 0 aromatic heterocycles. The van der Waals surface area contributed by atoms with Gasteiger partial charge in [-0.05, 0) is 23.5 Å². The van der Waals surface area contributed by atoms with E-state index in [2.05, 4.69) is 52.8 Å². The molecule has 0 saturated heterocycles. The summed E-state index contributed by atoms with van der Waals surface area (Å²) in [6.45, 7) is 11.4. The lowest BCUT2D eigenvalue weighted by Gasteiger charge is -2.42. The van der Waals surface area contributed by atoms with E-state index in [1.165, 1.54) is 4.90 Å². The van der Waals surface area contributed by atoms with Crippen LogP contribution < -0.4 is 4.74 Å². The van der Waals surface area contributed by atoms with E-state index >= 15 is 0 Å². The standard InChI is InChI=1S/C15H22OS/c1-10(2)13-14(15(3,4)5)17-12-9-7-6-8-11(12)16-13/h6-10,13-14H,1-5H3. The van der Waals surface area contributed by atoms with Crippen molar-refractivity contribution in [2.75, 3.05) is 0 Å². The molecule has 1 aliphatic rings. The summed E-state index contributed by atoms with van der Waals surface area (Å²) < 4.78 is 6.21. The number of rotatable bonds is 1. The van der Waals surface area contributed by atoms with Crippen LogP contribution in [-0.2, 0) is 0 Å². The molecule has 0 aliphatic carbocycles. The molecule has 2 atom stereocenters. The molecule has 1 aliphatic heterocycles. The lowest BCUT2D eigenvalue weighted by atomic mass is 9.84. The Kier molecular flexibility index (Phi) is 3.44. The third-order valence-corrected chi connectivity index (χ3v) is 5.00. The molecule has 0 bridgehead atoms. The normalized spacial score (nSPS) is 24.4. The molecule has 2 heteroatoms. The van der Waals surface area contributed by atoms with Crippen LogP contribution in [0.15, 0.2) is 29.2 Å². The van der Waals surface area contributed by atoms with Crippen LogP contribution in [0.1, 0.15) is 34.6 Å². The van der Waals surface area contributed by atoms with E-state index in [0.29, 0.717) is 17.3 Å². The summed E-state index contributed by atoms with van der Waals surface area (Å²) in [6.07, 6.45) is 0.301. The average Bonchev–Trinajstić information content (AvgIpc) is 2.26. The van der Waals surface area contributed by atoms with Gasteiger partial charge in [-0.2, -0.15) is 0 Å². The molecule has 17 heavy (non-hydrogen) atoms. The van der Waals surface area contributed by atoms with Gasteiger partial charge in [0.2, 0.25) is 0 Å². The van der Waals surface area contributed by atoms with Crippen molar-refractivity contribution in [2.45, 2.75) is 50.9 Å². The van der Waals surface area contributed by atoms with Crippen molar-refractivity contribution in [3.63, 3.8) is 0 Å². The molecule has 0 spiro atoms. The van der Waals surface area contributed by atoms with Crippen LogP contribution in [-0.4, -0.2) is 11.4 Å². The van der Waals surface area contributed by atoms with E-state index in [1.807, 2.05) is 17.8 Å². The summed E-state index contributed by atoms with van der Waals surface area (Å²) in [4.78, 5) is 1.28. The van der Waals surface area contributed by atoms with Gasteiger partial charge in [-0.3, -0.25) is 0 Å². The molecule has 1 heterocycles. The number of hydrogen-bond acceptors (Lipinski definition) is 2. The van der Waals surface area contributed by atoms with Crippen molar-refractivity contribution in [3.05, 3.63) is 24.3 Å². The molecule has 0 radical (unpaired) electrons. The Morgan fingerprint density at radius 1 is 1.18 bits per heavy atom. The Labute approximate surface area is 109 Å². The summed E-state index contributed by atoms with van der Waals surface area (Å²) in [7, 11) is 0. The zero-order valence-electron chi connectivity index (χ0n) is 11.4. The fourth-order valence-electron chi connectivity index (χ4n) is 2.21. The number of ether oxygens (including phenoxy) is 1. The minimum absolute atomic E-state index is 0.257. The number of para-hydroxylation sites is 1. The van der Waals surface area contributed by atoms with Crippen LogP contribution in [0.2, 0.25) is 0 Å². The van der Waals surface area contributed by atoms with Crippen LogP contribution in [0.3, 0.4) is 0 Å². The Balaban J connectivity index is 2.35. The third-order valence-electron chi connectivity index (χ3n) is 3.18. The van der Waals surface area contributed by atoms with Crippen molar-refractivity contribution in [3.8, 4) is 5.75 Å². The van der Waals surface area contributed by atoms with Crippen LogP contribution in [0.25, 0.3) is 0 Å². The molecule has 0 saturated carbocycles. The van der Waals surface area contributed by atoms with E-state index in [4.69, 9.17) is 4.74 Å². The third kappa shape index (κ3) is 2.62. The predicted octanol–water partition coefficient (Wildman–Crippen LogP) is 4.61. The van der Waals surface area contributed by atoms with Gasteiger partial charge in [0.25, 0.3) is 0 Å². The van der Waals surface area contributed by atoms with Crippen LogP contribution in [0.5, 0.6) is 5.75 Å². The van der Waals surface area contributed by atoms with Gasteiger partial charge in [-0.25, -0.2) is 0 Å². The number of fused-ring (bicyclic) bond motifs is 1. The van der Waals surface area contributed by atoms with Gasteiger partial charge in [0, 0.05) is 4.90 Å². The molecule has 1 aromatic carbocycles. The van der Waals surface area contributed by atoms with Crippen molar-refractivity contribution in [1.82, 2.24) is 0 Å². The van der Waals surface area contributed by atoms with Crippen LogP contribution in [0, 0.1) is 11.3 Å². The highest BCUT2D eigenvalue weighted by molar-refractivity contribution is 8.00. The molecule has 2 unspecified atom stereocenters. The second-order valence-corrected chi connectivity index (χ2v) is 7.36. The van der Waals surface area contributed by atoms with Gasteiger partial charge >= 0.3 is 0 Å². The van der Waals surface area contributed by atoms with Crippen molar-refractivity contribution >= 4 is 11.8 Å². The SMILES string of the molecule is CC(C)C1Oc2ccccc2SC1C(C)(C)C. The summed E-state index contributed by atoms with van der Waals surface area (Å²) in [5.41, 5.74) is 0.257. The summed E-state index contributed by atoms with van der Waals surface area (Å²) >= 11 is 1.98. The first-order valence-electron chi connectivity index (χ1n) is 6.32. The maximum atomic E-state index is 6.21. The Bertz CT molecular complexity index is 392. The Morgan fingerprint density at radius 2 is 1.82 bits per heavy atom. The Hall–Kier alpha value is -0.630. The molecular weight excluding hydrogens is 228 g/mol. The summed E-state index contributed by atoms with van der Waals surface area (Å²) in [5.74, 6) is 1.59. The molecule has 0 N–H and O–H groups in total. The number of benzene rings is 1. The molecule has 2 rings (SSSR count). The summed E-state index contributed by atoms with van der Waals surface area (Å²) in [6, 6.07) is 8.38. The maximum Gasteiger partial charge on any atom is 0.133 e. The summed E-state index contributed by atoms with van der Waals surface area (Å²) in [5, 5.41) is 0.511. The zero-order chi connectivity index (χ0) is 12.6. The first-order chi connectivity index (χ1) is 7.89. The topological polar surface area (TPSA) is 9.23 Å². The van der Waals surface area contributed by atoms with E-state index in [-0.39, 0.29) is 5.41 Å². The van der Waals surface area contributed by atoms with Gasteiger partial charge in [-0.1, -0.05) is 46.8 Å². The van der Waals surface area contributed by atoms with Crippen LogP contribution >= 0.6 is 11.8 Å². The van der Waals surface area contributed by atoms with Crippen molar-refractivity contribution in [2.24, 2.45) is 11.3 Å². The Morgan fingerprint density at radius 3 is 2.41 bits per heavy atom. The lowest BCUT2D eigenvalue weighted by molar-refractivity contribution is 0.103. The fourth-order valence-corrected chi connectivity index (χ4v) is 3.73. The van der Waals surface area contributed by atoms with Gasteiger partial charge < -0.3 is 4.74 Å². The van der Waals surface area contributed by atoms with Gasteiger partial charge in [0.1, 0.15) is 11.9 Å². The maximum absolute atomic E-state index is 6.21. The quantitative estimate of drug-likeness (QED) is 0.720. The molecular formula is C15H22OS. The molecule has 1 aromatic rings. The van der Waals surface area contributed by atoms with Crippen molar-refractivity contribution in [1.29, 1.82) is 0 Å². The second kappa shape index (κ2) is 4.56. The fraction of sp³-hybridized carbons (Fsp3) is 0.600. The molecule has 0 amide bonds. The van der Waals surface area contributed by atoms with Crippen molar-refractivity contribution < 1.29 is 4.74 Å². The zero-order valence-corrected chi connectivity index (χ0v) is 12.2. The minimum atomic E-state index is 0.257. The van der Waals surface area contributed by atoms with E-state index in [1.54, 1.807) is 0 Å². The second-order valence-electron chi connectivity index (χ2n) is 6.18. The van der Waals surface area contributed by atoms with E-state index in [0.717, 1.165) is 5.75 Å². The molecule has 94 valence electrons. The average molecular weight is 250 g/mol. The first kappa shape index (κ1) is 12.8. The predicted molar refractivity (Wildman–Crippen MR) is 74.8 cm³/mol. The van der Waals surface area contributed by atoms with E-state index < -0.39 is 0 Å². The first-order valence-corrected chi connectivity index (χ1v) is 7.20. The number of hydrogen-bond donors (Lipinski definition) is 0. The number of thioether (sulfide) groups is 1. The highest BCUT2D eigenvalue weighted by atomic mass is 32.2. The smallest absolute Gasteiger partial charge is 0.133 e. The van der Waals surface area contributed by atoms with Gasteiger partial charge in [0.05, 0.1) is 5.25 Å². The highest BCUT2D eigenvalue weighted by Crippen LogP contribution is 2.47.